The molecule has 1 heteroatoms. The molecule has 2 fully saturated rings. The van der Waals surface area contributed by atoms with Crippen LogP contribution in [0.3, 0.4) is 0 Å². The Balaban J connectivity index is 1.93. The van der Waals surface area contributed by atoms with Crippen molar-refractivity contribution in [3.8, 4) is 0 Å². The van der Waals surface area contributed by atoms with Gasteiger partial charge in [-0.05, 0) is 50.5 Å². The molecule has 0 bridgehead atoms. The molecule has 1 nitrogen and oxygen atoms in total. The molecule has 1 saturated heterocycles. The minimum atomic E-state index is 0.889. The minimum absolute atomic E-state index is 0.889. The second-order valence-electron chi connectivity index (χ2n) is 4.38. The molecule has 1 N–H and O–H groups in total. The smallest absolute Gasteiger partial charge is 0.00955 e. The minimum Gasteiger partial charge on any atom is -0.314 e. The first-order chi connectivity index (χ1) is 5.36. The van der Waals surface area contributed by atoms with Gasteiger partial charge in [-0.25, -0.2) is 0 Å². The van der Waals surface area contributed by atoms with Crippen molar-refractivity contribution >= 4 is 0 Å². The molecule has 1 aliphatic heterocycles. The van der Waals surface area contributed by atoms with E-state index in [1.54, 1.807) is 0 Å². The van der Waals surface area contributed by atoms with Crippen LogP contribution in [0.15, 0.2) is 0 Å². The van der Waals surface area contributed by atoms with E-state index in [4.69, 9.17) is 0 Å². The summed E-state index contributed by atoms with van der Waals surface area (Å²) < 4.78 is 0. The maximum Gasteiger partial charge on any atom is 0.00955 e. The highest BCUT2D eigenvalue weighted by atomic mass is 14.9. The SMILES string of the molecule is C[C@H]1CCC2NCCC[C@H]2C1. The summed E-state index contributed by atoms with van der Waals surface area (Å²) >= 11 is 0. The average Bonchev–Trinajstić information content (AvgIpc) is 2.04. The summed E-state index contributed by atoms with van der Waals surface area (Å²) in [7, 11) is 0. The predicted molar refractivity (Wildman–Crippen MR) is 47.5 cm³/mol. The van der Waals surface area contributed by atoms with Gasteiger partial charge in [0.15, 0.2) is 0 Å². The van der Waals surface area contributed by atoms with Crippen LogP contribution in [-0.2, 0) is 0 Å². The molecule has 11 heavy (non-hydrogen) atoms. The van der Waals surface area contributed by atoms with Crippen LogP contribution in [0, 0.1) is 11.8 Å². The summed E-state index contributed by atoms with van der Waals surface area (Å²) in [5, 5.41) is 3.64. The summed E-state index contributed by atoms with van der Waals surface area (Å²) in [6, 6.07) is 0.889. The molecular weight excluding hydrogens is 134 g/mol. The van der Waals surface area contributed by atoms with Crippen LogP contribution in [0.25, 0.3) is 0 Å². The number of piperidine rings is 1. The Bertz CT molecular complexity index is 133. The van der Waals surface area contributed by atoms with Crippen LogP contribution >= 0.6 is 0 Å². The van der Waals surface area contributed by atoms with E-state index in [1.807, 2.05) is 0 Å². The van der Waals surface area contributed by atoms with Gasteiger partial charge in [-0.3, -0.25) is 0 Å². The number of fused-ring (bicyclic) bond motifs is 1. The fraction of sp³-hybridized carbons (Fsp3) is 1.00. The van der Waals surface area contributed by atoms with Crippen LogP contribution < -0.4 is 5.32 Å². The third-order valence-corrected chi connectivity index (χ3v) is 3.40. The van der Waals surface area contributed by atoms with Gasteiger partial charge in [-0.15, -0.1) is 0 Å². The summed E-state index contributed by atoms with van der Waals surface area (Å²) in [4.78, 5) is 0. The predicted octanol–water partition coefficient (Wildman–Crippen LogP) is 2.17. The molecule has 2 rings (SSSR count). The monoisotopic (exact) mass is 153 g/mol. The van der Waals surface area contributed by atoms with Gasteiger partial charge in [0.25, 0.3) is 0 Å². The Labute approximate surface area is 69.6 Å². The van der Waals surface area contributed by atoms with Crippen LogP contribution in [0.4, 0.5) is 0 Å². The van der Waals surface area contributed by atoms with E-state index in [0.717, 1.165) is 17.9 Å². The molecule has 3 atom stereocenters. The Hall–Kier alpha value is -0.0400. The van der Waals surface area contributed by atoms with E-state index in [2.05, 4.69) is 12.2 Å². The molecule has 0 spiro atoms. The van der Waals surface area contributed by atoms with Gasteiger partial charge < -0.3 is 5.32 Å². The molecule has 1 unspecified atom stereocenters. The van der Waals surface area contributed by atoms with E-state index in [1.165, 1.54) is 38.6 Å². The van der Waals surface area contributed by atoms with Gasteiger partial charge in [0.2, 0.25) is 0 Å². The highest BCUT2D eigenvalue weighted by Gasteiger charge is 2.29. The zero-order valence-electron chi connectivity index (χ0n) is 7.47. The van der Waals surface area contributed by atoms with Gasteiger partial charge in [0.1, 0.15) is 0 Å². The topological polar surface area (TPSA) is 12.0 Å². The standard InChI is InChI=1S/C10H19N/c1-8-4-5-10-9(7-8)3-2-6-11-10/h8-11H,2-7H2,1H3/t8-,9-,10?/m0/s1. The van der Waals surface area contributed by atoms with E-state index in [-0.39, 0.29) is 0 Å². The van der Waals surface area contributed by atoms with E-state index in [9.17, 15) is 0 Å². The quantitative estimate of drug-likeness (QED) is 0.562. The van der Waals surface area contributed by atoms with E-state index in [0.29, 0.717) is 0 Å². The largest absolute Gasteiger partial charge is 0.314 e. The fourth-order valence-corrected chi connectivity index (χ4v) is 2.74. The van der Waals surface area contributed by atoms with Gasteiger partial charge in [-0.2, -0.15) is 0 Å². The number of nitrogens with one attached hydrogen (secondary N) is 1. The second kappa shape index (κ2) is 3.14. The van der Waals surface area contributed by atoms with Gasteiger partial charge in [0, 0.05) is 6.04 Å². The van der Waals surface area contributed by atoms with Crippen LogP contribution in [0.2, 0.25) is 0 Å². The van der Waals surface area contributed by atoms with Crippen molar-refractivity contribution in [1.82, 2.24) is 5.32 Å². The normalized spacial score (nSPS) is 45.0. The van der Waals surface area contributed by atoms with Crippen LogP contribution in [-0.4, -0.2) is 12.6 Å². The first-order valence-corrected chi connectivity index (χ1v) is 5.09. The summed E-state index contributed by atoms with van der Waals surface area (Å²) in [6.45, 7) is 3.68. The summed E-state index contributed by atoms with van der Waals surface area (Å²) in [5.74, 6) is 2.02. The molecule has 0 radical (unpaired) electrons. The molecule has 0 aromatic rings. The van der Waals surface area contributed by atoms with E-state index < -0.39 is 0 Å². The van der Waals surface area contributed by atoms with Crippen molar-refractivity contribution < 1.29 is 0 Å². The lowest BCUT2D eigenvalue weighted by atomic mass is 9.75. The van der Waals surface area contributed by atoms with Gasteiger partial charge >= 0.3 is 0 Å². The lowest BCUT2D eigenvalue weighted by Crippen LogP contribution is -2.44. The van der Waals surface area contributed by atoms with Crippen molar-refractivity contribution in [2.24, 2.45) is 11.8 Å². The van der Waals surface area contributed by atoms with Crippen molar-refractivity contribution in [3.05, 3.63) is 0 Å². The maximum atomic E-state index is 3.64. The van der Waals surface area contributed by atoms with Crippen molar-refractivity contribution in [2.45, 2.75) is 45.1 Å². The van der Waals surface area contributed by atoms with Crippen LogP contribution in [0.5, 0.6) is 0 Å². The Kier molecular flexibility index (Phi) is 2.17. The third-order valence-electron chi connectivity index (χ3n) is 3.40. The Morgan fingerprint density at radius 1 is 1.18 bits per heavy atom. The molecule has 2 aliphatic rings. The summed E-state index contributed by atoms with van der Waals surface area (Å²) in [6.07, 6.45) is 7.27. The van der Waals surface area contributed by atoms with E-state index >= 15 is 0 Å². The van der Waals surface area contributed by atoms with Crippen LogP contribution in [0.1, 0.15) is 39.0 Å². The fourth-order valence-electron chi connectivity index (χ4n) is 2.74. The Morgan fingerprint density at radius 3 is 3.00 bits per heavy atom. The zero-order chi connectivity index (χ0) is 7.68. The molecular formula is C10H19N. The molecule has 0 aromatic heterocycles. The molecule has 0 aromatic carbocycles. The number of hydrogen-bond acceptors (Lipinski definition) is 1. The molecule has 0 amide bonds. The lowest BCUT2D eigenvalue weighted by Gasteiger charge is -2.38. The average molecular weight is 153 g/mol. The lowest BCUT2D eigenvalue weighted by molar-refractivity contribution is 0.173. The van der Waals surface area contributed by atoms with Gasteiger partial charge in [-0.1, -0.05) is 6.92 Å². The van der Waals surface area contributed by atoms with Crippen molar-refractivity contribution in [3.63, 3.8) is 0 Å². The third kappa shape index (κ3) is 1.58. The van der Waals surface area contributed by atoms with Gasteiger partial charge in [0.05, 0.1) is 0 Å². The number of rotatable bonds is 0. The summed E-state index contributed by atoms with van der Waals surface area (Å²) in [5.41, 5.74) is 0. The number of hydrogen-bond donors (Lipinski definition) is 1. The molecule has 1 saturated carbocycles. The van der Waals surface area contributed by atoms with Crippen molar-refractivity contribution in [2.75, 3.05) is 6.54 Å². The first-order valence-electron chi connectivity index (χ1n) is 5.09. The highest BCUT2D eigenvalue weighted by molar-refractivity contribution is 4.86. The maximum absolute atomic E-state index is 3.64. The second-order valence-corrected chi connectivity index (χ2v) is 4.38. The zero-order valence-corrected chi connectivity index (χ0v) is 7.47. The van der Waals surface area contributed by atoms with Crippen molar-refractivity contribution in [1.29, 1.82) is 0 Å². The Morgan fingerprint density at radius 2 is 2.09 bits per heavy atom. The molecule has 1 aliphatic carbocycles. The highest BCUT2D eigenvalue weighted by Crippen LogP contribution is 2.33. The molecule has 64 valence electrons. The molecule has 1 heterocycles. The first kappa shape index (κ1) is 7.60.